The Bertz CT molecular complexity index is 3240. The minimum absolute atomic E-state index is 0.659. The summed E-state index contributed by atoms with van der Waals surface area (Å²) in [5.74, 6) is 1.67. The summed E-state index contributed by atoms with van der Waals surface area (Å²) in [5, 5.41) is 3.29. The number of para-hydroxylation sites is 2. The Labute approximate surface area is 354 Å². The van der Waals surface area contributed by atoms with Crippen LogP contribution in [0.15, 0.2) is 206 Å². The van der Waals surface area contributed by atoms with E-state index in [1.807, 2.05) is 12.1 Å². The molecule has 0 bridgehead atoms. The Morgan fingerprint density at radius 3 is 1.48 bits per heavy atom. The Morgan fingerprint density at radius 2 is 0.885 bits per heavy atom. The van der Waals surface area contributed by atoms with Crippen molar-refractivity contribution in [2.75, 3.05) is 0 Å². The van der Waals surface area contributed by atoms with Crippen LogP contribution in [0.25, 0.3) is 106 Å². The molecular weight excluding hydrogens is 743 g/mol. The van der Waals surface area contributed by atoms with E-state index in [1.165, 1.54) is 11.1 Å². The van der Waals surface area contributed by atoms with Crippen LogP contribution in [0, 0.1) is 0 Å². The number of hydrogen-bond donors (Lipinski definition) is 0. The number of aryl methyl sites for hydroxylation is 1. The van der Waals surface area contributed by atoms with Crippen LogP contribution in [-0.4, -0.2) is 24.5 Å². The lowest BCUT2D eigenvalue weighted by molar-refractivity contribution is 0.908. The molecule has 0 spiro atoms. The molecule has 5 nitrogen and oxygen atoms in total. The lowest BCUT2D eigenvalue weighted by atomic mass is 9.98. The summed E-state index contributed by atoms with van der Waals surface area (Å²) < 4.78 is 2.28. The third-order valence-electron chi connectivity index (χ3n) is 11.6. The number of rotatable bonds is 8. The molecule has 61 heavy (non-hydrogen) atoms. The van der Waals surface area contributed by atoms with Gasteiger partial charge in [-0.25, -0.2) is 19.9 Å². The summed E-state index contributed by atoms with van der Waals surface area (Å²) in [5.41, 5.74) is 15.4. The predicted molar refractivity (Wildman–Crippen MR) is 251 cm³/mol. The van der Waals surface area contributed by atoms with Gasteiger partial charge in [-0.15, -0.1) is 0 Å². The fourth-order valence-corrected chi connectivity index (χ4v) is 8.52. The van der Waals surface area contributed by atoms with Crippen LogP contribution in [0.3, 0.4) is 0 Å². The molecule has 0 aliphatic heterocycles. The maximum absolute atomic E-state index is 5.35. The van der Waals surface area contributed by atoms with Crippen molar-refractivity contribution >= 4 is 32.7 Å². The maximum Gasteiger partial charge on any atom is 0.160 e. The minimum atomic E-state index is 0.659. The van der Waals surface area contributed by atoms with Gasteiger partial charge < -0.3 is 0 Å². The fraction of sp³-hybridized carbons (Fsp3) is 0.0357. The van der Waals surface area contributed by atoms with Crippen molar-refractivity contribution in [3.8, 4) is 73.1 Å². The van der Waals surface area contributed by atoms with E-state index in [2.05, 4.69) is 206 Å². The average molecular weight is 782 g/mol. The number of hydrogen-bond acceptors (Lipinski definition) is 4. The molecule has 0 N–H and O–H groups in total. The highest BCUT2D eigenvalue weighted by molar-refractivity contribution is 6.20. The van der Waals surface area contributed by atoms with E-state index in [1.54, 1.807) is 0 Å². The highest BCUT2D eigenvalue weighted by atomic mass is 15.1. The van der Waals surface area contributed by atoms with Crippen LogP contribution in [0.2, 0.25) is 0 Å². The zero-order chi connectivity index (χ0) is 40.7. The summed E-state index contributed by atoms with van der Waals surface area (Å²) in [7, 11) is 0. The SMILES string of the molecule is CCc1nc2c3c(-c4ccc(-c5nc(-c6ccc(-c7ccccc7)cc6)cc(-c6ccc(-c7ccccc7)cc6)n5)cc4)nc4ccccc4c3ccc2n1-c1ccccc1. The van der Waals surface area contributed by atoms with E-state index >= 15 is 0 Å². The molecule has 11 aromatic rings. The van der Waals surface area contributed by atoms with Gasteiger partial charge in [-0.1, -0.05) is 183 Å². The molecule has 8 aromatic carbocycles. The Balaban J connectivity index is 1.04. The van der Waals surface area contributed by atoms with E-state index in [0.717, 1.165) is 101 Å². The largest absolute Gasteiger partial charge is 0.296 e. The smallest absolute Gasteiger partial charge is 0.160 e. The van der Waals surface area contributed by atoms with Crippen LogP contribution in [-0.2, 0) is 6.42 Å². The van der Waals surface area contributed by atoms with Gasteiger partial charge in [0, 0.05) is 45.1 Å². The number of fused-ring (bicyclic) bond motifs is 5. The van der Waals surface area contributed by atoms with E-state index < -0.39 is 0 Å². The Hall–Kier alpha value is -8.02. The van der Waals surface area contributed by atoms with Crippen molar-refractivity contribution in [3.05, 3.63) is 212 Å². The topological polar surface area (TPSA) is 56.5 Å². The second-order valence-corrected chi connectivity index (χ2v) is 15.3. The van der Waals surface area contributed by atoms with Crippen molar-refractivity contribution in [3.63, 3.8) is 0 Å². The van der Waals surface area contributed by atoms with Gasteiger partial charge in [-0.3, -0.25) is 4.57 Å². The fourth-order valence-electron chi connectivity index (χ4n) is 8.52. The Kier molecular flexibility index (Phi) is 9.05. The standard InChI is InChI=1S/C56H39N5/c1-2-52-60-55-51(61(52)45-18-10-5-11-19-45)35-34-47-46-20-12-13-21-48(46)57-54(53(47)55)43-30-32-44(33-31-43)56-58-49(41-26-22-39(23-27-41)37-14-6-3-7-15-37)36-50(59-56)42-28-24-40(25-29-42)38-16-8-4-9-17-38/h3-36H,2H2,1H3. The van der Waals surface area contributed by atoms with Crippen molar-refractivity contribution in [1.29, 1.82) is 0 Å². The van der Waals surface area contributed by atoms with Crippen LogP contribution in [0.1, 0.15) is 12.7 Å². The lowest BCUT2D eigenvalue weighted by Gasteiger charge is -2.13. The van der Waals surface area contributed by atoms with Crippen molar-refractivity contribution in [1.82, 2.24) is 24.5 Å². The summed E-state index contributed by atoms with van der Waals surface area (Å²) in [4.78, 5) is 21.1. The van der Waals surface area contributed by atoms with Gasteiger partial charge in [0.2, 0.25) is 0 Å². The van der Waals surface area contributed by atoms with E-state index in [0.29, 0.717) is 5.82 Å². The van der Waals surface area contributed by atoms with Gasteiger partial charge in [-0.05, 0) is 58.0 Å². The predicted octanol–water partition coefficient (Wildman–Crippen LogP) is 14.1. The van der Waals surface area contributed by atoms with Crippen LogP contribution in [0.5, 0.6) is 0 Å². The number of imidazole rings is 1. The first kappa shape index (κ1) is 36.1. The van der Waals surface area contributed by atoms with Gasteiger partial charge in [-0.2, -0.15) is 0 Å². The molecule has 0 aliphatic rings. The average Bonchev–Trinajstić information content (AvgIpc) is 3.74. The van der Waals surface area contributed by atoms with Crippen LogP contribution >= 0.6 is 0 Å². The number of nitrogens with zero attached hydrogens (tertiary/aromatic N) is 5. The van der Waals surface area contributed by atoms with Gasteiger partial charge in [0.05, 0.1) is 33.6 Å². The highest BCUT2D eigenvalue weighted by Crippen LogP contribution is 2.39. The summed E-state index contributed by atoms with van der Waals surface area (Å²) in [6.45, 7) is 2.16. The van der Waals surface area contributed by atoms with E-state index in [-0.39, 0.29) is 0 Å². The molecule has 3 aromatic heterocycles. The summed E-state index contributed by atoms with van der Waals surface area (Å²) in [6, 6.07) is 72.2. The molecule has 3 heterocycles. The molecule has 0 fully saturated rings. The molecule has 0 amide bonds. The number of aromatic nitrogens is 5. The lowest BCUT2D eigenvalue weighted by Crippen LogP contribution is -1.99. The van der Waals surface area contributed by atoms with Gasteiger partial charge in [0.25, 0.3) is 0 Å². The molecule has 0 unspecified atom stereocenters. The van der Waals surface area contributed by atoms with Gasteiger partial charge in [0.1, 0.15) is 5.82 Å². The first-order chi connectivity index (χ1) is 30.2. The molecule has 0 saturated heterocycles. The summed E-state index contributed by atoms with van der Waals surface area (Å²) >= 11 is 0. The van der Waals surface area contributed by atoms with Crippen LogP contribution in [0.4, 0.5) is 0 Å². The first-order valence-electron chi connectivity index (χ1n) is 20.8. The van der Waals surface area contributed by atoms with Gasteiger partial charge >= 0.3 is 0 Å². The third-order valence-corrected chi connectivity index (χ3v) is 11.6. The second-order valence-electron chi connectivity index (χ2n) is 15.3. The van der Waals surface area contributed by atoms with E-state index in [9.17, 15) is 0 Å². The quantitative estimate of drug-likeness (QED) is 0.144. The molecular formula is C56H39N5. The number of pyridine rings is 1. The zero-order valence-corrected chi connectivity index (χ0v) is 33.6. The normalized spacial score (nSPS) is 11.4. The third kappa shape index (κ3) is 6.63. The second kappa shape index (κ2) is 15.3. The zero-order valence-electron chi connectivity index (χ0n) is 33.6. The van der Waals surface area contributed by atoms with E-state index in [4.69, 9.17) is 19.9 Å². The molecule has 11 rings (SSSR count). The molecule has 0 radical (unpaired) electrons. The van der Waals surface area contributed by atoms with Crippen molar-refractivity contribution in [2.45, 2.75) is 13.3 Å². The first-order valence-corrected chi connectivity index (χ1v) is 20.8. The molecule has 5 heteroatoms. The van der Waals surface area contributed by atoms with Crippen LogP contribution < -0.4 is 0 Å². The highest BCUT2D eigenvalue weighted by Gasteiger charge is 2.20. The molecule has 288 valence electrons. The number of benzene rings is 8. The summed E-state index contributed by atoms with van der Waals surface area (Å²) in [6.07, 6.45) is 0.797. The van der Waals surface area contributed by atoms with Gasteiger partial charge in [0.15, 0.2) is 5.82 Å². The van der Waals surface area contributed by atoms with Crippen molar-refractivity contribution < 1.29 is 0 Å². The van der Waals surface area contributed by atoms with Crippen molar-refractivity contribution in [2.24, 2.45) is 0 Å². The molecule has 0 aliphatic carbocycles. The monoisotopic (exact) mass is 781 g/mol. The molecule has 0 saturated carbocycles. The molecule has 0 atom stereocenters. The minimum Gasteiger partial charge on any atom is -0.296 e. The Morgan fingerprint density at radius 1 is 0.393 bits per heavy atom. The maximum atomic E-state index is 5.35.